The van der Waals surface area contributed by atoms with Gasteiger partial charge in [-0.3, -0.25) is 0 Å². The van der Waals surface area contributed by atoms with Crippen LogP contribution in [-0.2, 0) is 4.74 Å². The Hall–Kier alpha value is -0.380. The van der Waals surface area contributed by atoms with Gasteiger partial charge in [-0.25, -0.2) is 0 Å². The van der Waals surface area contributed by atoms with Crippen LogP contribution in [0.15, 0.2) is 12.2 Å². The van der Waals surface area contributed by atoms with Crippen molar-refractivity contribution in [3.63, 3.8) is 0 Å². The highest BCUT2D eigenvalue weighted by atomic mass is 16.5. The van der Waals surface area contributed by atoms with Crippen molar-refractivity contribution in [1.29, 1.82) is 0 Å². The first-order chi connectivity index (χ1) is 5.11. The molecule has 0 aliphatic carbocycles. The predicted octanol–water partition coefficient (Wildman–Crippen LogP) is 0.321. The molecule has 66 valence electrons. The van der Waals surface area contributed by atoms with Gasteiger partial charge in [-0.15, -0.1) is 6.58 Å². The Morgan fingerprint density at radius 1 is 1.64 bits per heavy atom. The molecular formula is C8H16O3. The Kier molecular flexibility index (Phi) is 5.11. The molecule has 0 rings (SSSR count). The molecule has 3 heteroatoms. The smallest absolute Gasteiger partial charge is 0.103 e. The van der Waals surface area contributed by atoms with Crippen LogP contribution < -0.4 is 0 Å². The molecule has 11 heavy (non-hydrogen) atoms. The van der Waals surface area contributed by atoms with E-state index in [9.17, 15) is 0 Å². The molecule has 3 nitrogen and oxygen atoms in total. The fraction of sp³-hybridized carbons (Fsp3) is 0.750. The third-order valence-corrected chi connectivity index (χ3v) is 1.47. The zero-order chi connectivity index (χ0) is 8.85. The van der Waals surface area contributed by atoms with Gasteiger partial charge in [0.05, 0.1) is 12.7 Å². The van der Waals surface area contributed by atoms with Crippen LogP contribution in [0.1, 0.15) is 13.3 Å². The van der Waals surface area contributed by atoms with E-state index in [-0.39, 0.29) is 12.7 Å². The van der Waals surface area contributed by atoms with Gasteiger partial charge >= 0.3 is 0 Å². The molecule has 0 aliphatic rings. The number of ether oxygens (including phenoxy) is 1. The second kappa shape index (κ2) is 5.29. The second-order valence-electron chi connectivity index (χ2n) is 2.69. The fourth-order valence-electron chi connectivity index (χ4n) is 0.837. The molecule has 0 amide bonds. The standard InChI is InChI=1S/C8H16O3/c1-6(2)4-8(11-3)7(10)5-9/h7-10H,1,4-5H2,2-3H3. The van der Waals surface area contributed by atoms with Crippen LogP contribution in [0.5, 0.6) is 0 Å². The average molecular weight is 160 g/mol. The normalized spacial score (nSPS) is 16.0. The number of aliphatic hydroxyl groups excluding tert-OH is 2. The Labute approximate surface area is 67.3 Å². The maximum absolute atomic E-state index is 9.15. The van der Waals surface area contributed by atoms with E-state index < -0.39 is 6.10 Å². The number of rotatable bonds is 5. The van der Waals surface area contributed by atoms with E-state index in [1.807, 2.05) is 6.92 Å². The molecule has 0 radical (unpaired) electrons. The van der Waals surface area contributed by atoms with E-state index in [1.165, 1.54) is 7.11 Å². The van der Waals surface area contributed by atoms with Crippen LogP contribution >= 0.6 is 0 Å². The van der Waals surface area contributed by atoms with E-state index in [4.69, 9.17) is 14.9 Å². The highest BCUT2D eigenvalue weighted by Crippen LogP contribution is 2.08. The SMILES string of the molecule is C=C(C)CC(OC)C(O)CO. The highest BCUT2D eigenvalue weighted by Gasteiger charge is 2.16. The number of methoxy groups -OCH3 is 1. The fourth-order valence-corrected chi connectivity index (χ4v) is 0.837. The lowest BCUT2D eigenvalue weighted by molar-refractivity contribution is -0.0366. The Bertz CT molecular complexity index is 123. The second-order valence-corrected chi connectivity index (χ2v) is 2.69. The summed E-state index contributed by atoms with van der Waals surface area (Å²) in [5.41, 5.74) is 0.935. The van der Waals surface area contributed by atoms with Crippen molar-refractivity contribution in [2.75, 3.05) is 13.7 Å². The lowest BCUT2D eigenvalue weighted by Crippen LogP contribution is -2.31. The minimum atomic E-state index is -0.809. The quantitative estimate of drug-likeness (QED) is 0.569. The zero-order valence-electron chi connectivity index (χ0n) is 7.08. The number of hydrogen-bond acceptors (Lipinski definition) is 3. The summed E-state index contributed by atoms with van der Waals surface area (Å²) in [6, 6.07) is 0. The molecule has 2 N–H and O–H groups in total. The summed E-state index contributed by atoms with van der Waals surface area (Å²) < 4.78 is 4.94. The molecule has 0 heterocycles. The monoisotopic (exact) mass is 160 g/mol. The molecule has 0 saturated heterocycles. The lowest BCUT2D eigenvalue weighted by atomic mass is 10.1. The molecule has 2 atom stereocenters. The van der Waals surface area contributed by atoms with Crippen LogP contribution in [0.3, 0.4) is 0 Å². The van der Waals surface area contributed by atoms with Gasteiger partial charge in [-0.2, -0.15) is 0 Å². The largest absolute Gasteiger partial charge is 0.394 e. The topological polar surface area (TPSA) is 49.7 Å². The van der Waals surface area contributed by atoms with Gasteiger partial charge in [0, 0.05) is 7.11 Å². The Morgan fingerprint density at radius 2 is 2.18 bits per heavy atom. The first-order valence-electron chi connectivity index (χ1n) is 3.58. The molecule has 0 aromatic rings. The van der Waals surface area contributed by atoms with Crippen molar-refractivity contribution >= 4 is 0 Å². The molecule has 0 aliphatic heterocycles. The lowest BCUT2D eigenvalue weighted by Gasteiger charge is -2.19. The number of aliphatic hydroxyl groups is 2. The summed E-state index contributed by atoms with van der Waals surface area (Å²) in [5, 5.41) is 17.7. The van der Waals surface area contributed by atoms with Crippen molar-refractivity contribution in [1.82, 2.24) is 0 Å². The maximum atomic E-state index is 9.15. The van der Waals surface area contributed by atoms with Gasteiger partial charge < -0.3 is 14.9 Å². The van der Waals surface area contributed by atoms with Crippen molar-refractivity contribution in [3.8, 4) is 0 Å². The molecule has 0 fully saturated rings. The number of hydrogen-bond donors (Lipinski definition) is 2. The molecule has 0 aromatic carbocycles. The molecule has 0 spiro atoms. The van der Waals surface area contributed by atoms with Gasteiger partial charge in [-0.1, -0.05) is 5.57 Å². The Morgan fingerprint density at radius 3 is 2.45 bits per heavy atom. The van der Waals surface area contributed by atoms with Crippen LogP contribution in [0.2, 0.25) is 0 Å². The molecule has 0 aromatic heterocycles. The summed E-state index contributed by atoms with van der Waals surface area (Å²) in [5.74, 6) is 0. The third kappa shape index (κ3) is 4.14. The van der Waals surface area contributed by atoms with E-state index in [2.05, 4.69) is 6.58 Å². The molecule has 0 saturated carbocycles. The summed E-state index contributed by atoms with van der Waals surface area (Å²) in [6.07, 6.45) is -0.563. The zero-order valence-corrected chi connectivity index (χ0v) is 7.08. The first-order valence-corrected chi connectivity index (χ1v) is 3.58. The third-order valence-electron chi connectivity index (χ3n) is 1.47. The van der Waals surface area contributed by atoms with Crippen molar-refractivity contribution in [3.05, 3.63) is 12.2 Å². The highest BCUT2D eigenvalue weighted by molar-refractivity contribution is 4.92. The van der Waals surface area contributed by atoms with E-state index in [1.54, 1.807) is 0 Å². The van der Waals surface area contributed by atoms with Gasteiger partial charge in [0.2, 0.25) is 0 Å². The molecule has 2 unspecified atom stereocenters. The summed E-state index contributed by atoms with van der Waals surface area (Å²) in [6.45, 7) is 5.27. The van der Waals surface area contributed by atoms with Gasteiger partial charge in [0.15, 0.2) is 0 Å². The van der Waals surface area contributed by atoms with Crippen LogP contribution in [0.4, 0.5) is 0 Å². The van der Waals surface area contributed by atoms with Gasteiger partial charge in [0.25, 0.3) is 0 Å². The summed E-state index contributed by atoms with van der Waals surface area (Å²) in [7, 11) is 1.51. The van der Waals surface area contributed by atoms with E-state index in [0.29, 0.717) is 6.42 Å². The van der Waals surface area contributed by atoms with E-state index in [0.717, 1.165) is 5.57 Å². The molecular weight excluding hydrogens is 144 g/mol. The first kappa shape index (κ1) is 10.6. The maximum Gasteiger partial charge on any atom is 0.103 e. The predicted molar refractivity (Wildman–Crippen MR) is 43.3 cm³/mol. The minimum absolute atomic E-state index is 0.272. The minimum Gasteiger partial charge on any atom is -0.394 e. The summed E-state index contributed by atoms with van der Waals surface area (Å²) >= 11 is 0. The molecule has 0 bridgehead atoms. The Balaban J connectivity index is 3.84. The van der Waals surface area contributed by atoms with Crippen molar-refractivity contribution in [2.45, 2.75) is 25.6 Å². The van der Waals surface area contributed by atoms with E-state index >= 15 is 0 Å². The summed E-state index contributed by atoms with van der Waals surface area (Å²) in [4.78, 5) is 0. The van der Waals surface area contributed by atoms with Gasteiger partial charge in [0.1, 0.15) is 6.10 Å². The van der Waals surface area contributed by atoms with Crippen molar-refractivity contribution in [2.24, 2.45) is 0 Å². The van der Waals surface area contributed by atoms with Crippen LogP contribution in [-0.4, -0.2) is 36.1 Å². The van der Waals surface area contributed by atoms with Crippen LogP contribution in [0.25, 0.3) is 0 Å². The average Bonchev–Trinajstić information content (AvgIpc) is 1.98. The van der Waals surface area contributed by atoms with Gasteiger partial charge in [-0.05, 0) is 13.3 Å². The van der Waals surface area contributed by atoms with Crippen LogP contribution in [0, 0.1) is 0 Å². The van der Waals surface area contributed by atoms with Crippen molar-refractivity contribution < 1.29 is 14.9 Å².